The highest BCUT2D eigenvalue weighted by atomic mass is 19.1. The molecule has 2 atom stereocenters. The number of benzene rings is 2. The van der Waals surface area contributed by atoms with Crippen LogP contribution >= 0.6 is 0 Å². The van der Waals surface area contributed by atoms with Crippen LogP contribution in [0.3, 0.4) is 0 Å². The molecule has 1 aromatic heterocycles. The van der Waals surface area contributed by atoms with E-state index in [1.165, 1.54) is 18.2 Å². The van der Waals surface area contributed by atoms with Gasteiger partial charge in [-0.3, -0.25) is 9.59 Å². The van der Waals surface area contributed by atoms with Crippen LogP contribution in [0.2, 0.25) is 0 Å². The molecule has 0 spiro atoms. The number of fused-ring (bicyclic) bond motifs is 1. The van der Waals surface area contributed by atoms with Crippen molar-refractivity contribution in [2.45, 2.75) is 70.1 Å². The first-order valence-electron chi connectivity index (χ1n) is 14.6. The van der Waals surface area contributed by atoms with Crippen LogP contribution < -0.4 is 5.32 Å². The van der Waals surface area contributed by atoms with E-state index in [1.807, 2.05) is 4.90 Å². The molecule has 2 aromatic carbocycles. The summed E-state index contributed by atoms with van der Waals surface area (Å²) in [6.07, 6.45) is 3.97. The zero-order valence-corrected chi connectivity index (χ0v) is 24.6. The Morgan fingerprint density at radius 1 is 1.12 bits per heavy atom. The zero-order chi connectivity index (χ0) is 30.7. The molecule has 0 radical (unpaired) electrons. The third-order valence-corrected chi connectivity index (χ3v) is 8.54. The number of carbonyl (C=O) groups is 2. The van der Waals surface area contributed by atoms with Gasteiger partial charge in [0.15, 0.2) is 11.4 Å². The molecule has 0 unspecified atom stereocenters. The Morgan fingerprint density at radius 3 is 2.58 bits per heavy atom. The lowest BCUT2D eigenvalue weighted by Gasteiger charge is -2.34. The maximum Gasteiger partial charge on any atom is 0.306 e. The minimum atomic E-state index is -0.759. The van der Waals surface area contributed by atoms with Crippen molar-refractivity contribution in [1.29, 1.82) is 0 Å². The van der Waals surface area contributed by atoms with Crippen LogP contribution in [0.15, 0.2) is 34.7 Å². The van der Waals surface area contributed by atoms with Crippen LogP contribution in [0, 0.1) is 24.5 Å². The number of aliphatic carboxylic acids is 1. The number of hydrogen-bond acceptors (Lipinski definition) is 8. The molecule has 232 valence electrons. The Labute approximate surface area is 248 Å². The number of nitrogens with zero attached hydrogens (tertiary/aromatic N) is 3. The number of anilines is 2. The molecular formula is C31H38F2N4O6. The second kappa shape index (κ2) is 13.4. The van der Waals surface area contributed by atoms with E-state index in [9.17, 15) is 19.1 Å². The summed E-state index contributed by atoms with van der Waals surface area (Å²) in [5, 5.41) is 13.9. The van der Waals surface area contributed by atoms with Crippen LogP contribution in [0.5, 0.6) is 0 Å². The number of likely N-dealkylation sites (tertiary alicyclic amines) is 1. The molecule has 5 rings (SSSR count). The number of carboxylic acid groups (broad SMARTS) is 1. The van der Waals surface area contributed by atoms with Crippen molar-refractivity contribution in [1.82, 2.24) is 14.9 Å². The van der Waals surface area contributed by atoms with Crippen LogP contribution in [-0.4, -0.2) is 77.4 Å². The number of hydrogen-bond donors (Lipinski definition) is 2. The van der Waals surface area contributed by atoms with Crippen molar-refractivity contribution in [3.05, 3.63) is 53.1 Å². The number of aromatic nitrogens is 1. The summed E-state index contributed by atoms with van der Waals surface area (Å²) < 4.78 is 40.8. The SMILES string of the molecule is CON(C)C[C@@H]1CC[C@@H](COC2CCC(C(=O)O)CC2)N1C(=O)Cc1cc(F)c2nc(Nc3cc(F)ccc3C)oc2c1. The number of carbonyl (C=O) groups excluding carboxylic acids is 1. The number of carboxylic acids is 1. The van der Waals surface area contributed by atoms with Gasteiger partial charge in [-0.2, -0.15) is 10.0 Å². The molecule has 10 nitrogen and oxygen atoms in total. The van der Waals surface area contributed by atoms with Gasteiger partial charge in [-0.1, -0.05) is 6.07 Å². The maximum absolute atomic E-state index is 15.1. The number of rotatable bonds is 11. The van der Waals surface area contributed by atoms with E-state index < -0.39 is 17.6 Å². The molecule has 43 heavy (non-hydrogen) atoms. The molecule has 3 aromatic rings. The number of likely N-dealkylation sites (N-methyl/N-ethyl adjacent to an activating group) is 1. The Balaban J connectivity index is 1.29. The van der Waals surface area contributed by atoms with Gasteiger partial charge in [-0.15, -0.1) is 0 Å². The van der Waals surface area contributed by atoms with Gasteiger partial charge in [0, 0.05) is 25.3 Å². The molecule has 1 amide bonds. The predicted octanol–water partition coefficient (Wildman–Crippen LogP) is 5.21. The lowest BCUT2D eigenvalue weighted by atomic mass is 9.87. The predicted molar refractivity (Wildman–Crippen MR) is 155 cm³/mol. The molecule has 1 aliphatic heterocycles. The second-order valence-corrected chi connectivity index (χ2v) is 11.5. The molecule has 2 fully saturated rings. The topological polar surface area (TPSA) is 117 Å². The van der Waals surface area contributed by atoms with Crippen molar-refractivity contribution < 1.29 is 37.5 Å². The maximum atomic E-state index is 15.1. The van der Waals surface area contributed by atoms with Gasteiger partial charge in [-0.05, 0) is 80.8 Å². The third-order valence-electron chi connectivity index (χ3n) is 8.54. The number of halogens is 2. The van der Waals surface area contributed by atoms with Gasteiger partial charge >= 0.3 is 5.97 Å². The lowest BCUT2D eigenvalue weighted by Crippen LogP contribution is -2.48. The number of aryl methyl sites for hydroxylation is 1. The van der Waals surface area contributed by atoms with E-state index in [2.05, 4.69) is 10.3 Å². The van der Waals surface area contributed by atoms with Crippen LogP contribution in [0.25, 0.3) is 11.1 Å². The molecular weight excluding hydrogens is 562 g/mol. The minimum Gasteiger partial charge on any atom is -0.481 e. The van der Waals surface area contributed by atoms with E-state index >= 15 is 4.39 Å². The molecule has 0 bridgehead atoms. The number of oxazole rings is 1. The van der Waals surface area contributed by atoms with Crippen molar-refractivity contribution in [2.75, 3.05) is 32.6 Å². The van der Waals surface area contributed by atoms with Gasteiger partial charge < -0.3 is 29.3 Å². The molecule has 2 aliphatic rings. The molecule has 12 heteroatoms. The van der Waals surface area contributed by atoms with E-state index in [0.717, 1.165) is 18.4 Å². The van der Waals surface area contributed by atoms with E-state index in [0.29, 0.717) is 50.1 Å². The molecule has 2 heterocycles. The highest BCUT2D eigenvalue weighted by molar-refractivity contribution is 5.83. The summed E-state index contributed by atoms with van der Waals surface area (Å²) in [5.74, 6) is -2.30. The fourth-order valence-electron chi connectivity index (χ4n) is 6.11. The fraction of sp³-hybridized carbons (Fsp3) is 0.516. The minimum absolute atomic E-state index is 0.0115. The normalized spacial score (nSPS) is 22.4. The zero-order valence-electron chi connectivity index (χ0n) is 24.6. The summed E-state index contributed by atoms with van der Waals surface area (Å²) in [7, 11) is 3.38. The summed E-state index contributed by atoms with van der Waals surface area (Å²) in [6.45, 7) is 2.66. The first-order chi connectivity index (χ1) is 20.6. The van der Waals surface area contributed by atoms with Gasteiger partial charge in [0.1, 0.15) is 11.3 Å². The van der Waals surface area contributed by atoms with Crippen LogP contribution in [-0.2, 0) is 25.6 Å². The first-order valence-corrected chi connectivity index (χ1v) is 14.6. The number of hydroxylamine groups is 2. The van der Waals surface area contributed by atoms with Crippen molar-refractivity contribution in [3.8, 4) is 0 Å². The third kappa shape index (κ3) is 7.31. The molecule has 1 saturated heterocycles. The summed E-state index contributed by atoms with van der Waals surface area (Å²) in [4.78, 5) is 36.4. The van der Waals surface area contributed by atoms with Crippen molar-refractivity contribution in [3.63, 3.8) is 0 Å². The highest BCUT2D eigenvalue weighted by Crippen LogP contribution is 2.31. The first kappa shape index (κ1) is 30.8. The number of amides is 1. The fourth-order valence-corrected chi connectivity index (χ4v) is 6.11. The standard InChI is InChI=1S/C31H38F2N4O6/c1-18-4-7-21(32)15-26(18)34-31-35-29-25(33)12-19(13-27(29)43-31)14-28(38)37-22(16-36(2)41-3)8-9-23(37)17-42-24-10-5-20(6-11-24)30(39)40/h4,7,12-13,15,20,22-24H,5-6,8-11,14,16-17H2,1-3H3,(H,34,35)(H,39,40)/t20?,22-,23-,24?/m0/s1. The van der Waals surface area contributed by atoms with E-state index in [1.54, 1.807) is 38.3 Å². The Morgan fingerprint density at radius 2 is 1.86 bits per heavy atom. The van der Waals surface area contributed by atoms with Crippen molar-refractivity contribution >= 4 is 34.7 Å². The summed E-state index contributed by atoms with van der Waals surface area (Å²) in [5.41, 5.74) is 1.84. The Bertz CT molecular complexity index is 1460. The monoisotopic (exact) mass is 600 g/mol. The van der Waals surface area contributed by atoms with Crippen LogP contribution in [0.4, 0.5) is 20.5 Å². The van der Waals surface area contributed by atoms with Crippen LogP contribution in [0.1, 0.15) is 49.7 Å². The molecule has 1 aliphatic carbocycles. The summed E-state index contributed by atoms with van der Waals surface area (Å²) >= 11 is 0. The largest absolute Gasteiger partial charge is 0.481 e. The average molecular weight is 601 g/mol. The Hall–Kier alpha value is -3.61. The average Bonchev–Trinajstić information content (AvgIpc) is 3.57. The van der Waals surface area contributed by atoms with Gasteiger partial charge in [0.2, 0.25) is 5.91 Å². The van der Waals surface area contributed by atoms with E-state index in [4.69, 9.17) is 14.0 Å². The smallest absolute Gasteiger partial charge is 0.306 e. The van der Waals surface area contributed by atoms with Gasteiger partial charge in [0.25, 0.3) is 6.01 Å². The quantitative estimate of drug-likeness (QED) is 0.286. The Kier molecular flexibility index (Phi) is 9.58. The molecule has 1 saturated carbocycles. The summed E-state index contributed by atoms with van der Waals surface area (Å²) in [6, 6.07) is 6.90. The van der Waals surface area contributed by atoms with E-state index in [-0.39, 0.29) is 53.5 Å². The van der Waals surface area contributed by atoms with Gasteiger partial charge in [-0.25, -0.2) is 8.78 Å². The van der Waals surface area contributed by atoms with Crippen molar-refractivity contribution in [2.24, 2.45) is 5.92 Å². The lowest BCUT2D eigenvalue weighted by molar-refractivity contribution is -0.146. The number of nitrogens with one attached hydrogen (secondary N) is 1. The second-order valence-electron chi connectivity index (χ2n) is 11.5. The number of ether oxygens (including phenoxy) is 1. The highest BCUT2D eigenvalue weighted by Gasteiger charge is 2.38. The van der Waals surface area contributed by atoms with Gasteiger partial charge in [0.05, 0.1) is 38.2 Å². The molecule has 2 N–H and O–H groups in total.